The van der Waals surface area contributed by atoms with Crippen LogP contribution in [-0.2, 0) is 4.79 Å². The number of aliphatic carboxylic acids is 1. The minimum Gasteiger partial charge on any atom is -0.480 e. The highest BCUT2D eigenvalue weighted by molar-refractivity contribution is 7.08. The molecule has 2 heterocycles. The first kappa shape index (κ1) is 11.1. The van der Waals surface area contributed by atoms with Crippen molar-refractivity contribution in [3.05, 3.63) is 22.4 Å². The molecule has 0 aromatic carbocycles. The van der Waals surface area contributed by atoms with Crippen molar-refractivity contribution in [2.45, 2.75) is 6.04 Å². The number of nitrogens with zero attached hydrogens (tertiary/aromatic N) is 1. The Balaban J connectivity index is 2.05. The summed E-state index contributed by atoms with van der Waals surface area (Å²) < 4.78 is 0. The Kier molecular flexibility index (Phi) is 3.21. The molecule has 86 valence electrons. The van der Waals surface area contributed by atoms with Gasteiger partial charge in [0.1, 0.15) is 6.04 Å². The second-order valence-corrected chi connectivity index (χ2v) is 4.39. The molecule has 2 rings (SSSR count). The summed E-state index contributed by atoms with van der Waals surface area (Å²) in [5.41, 5.74) is 0.635. The topological polar surface area (TPSA) is 69.6 Å². The number of carbonyl (C=O) groups is 2. The minimum absolute atomic E-state index is 0.0889. The third kappa shape index (κ3) is 2.23. The van der Waals surface area contributed by atoms with E-state index >= 15 is 0 Å². The maximum atomic E-state index is 11.9. The van der Waals surface area contributed by atoms with Crippen LogP contribution in [0.3, 0.4) is 0 Å². The van der Waals surface area contributed by atoms with Crippen LogP contribution in [0, 0.1) is 0 Å². The molecule has 5 nitrogen and oxygen atoms in total. The summed E-state index contributed by atoms with van der Waals surface area (Å²) in [6.07, 6.45) is 0. The molecule has 1 aliphatic rings. The van der Waals surface area contributed by atoms with E-state index in [1.165, 1.54) is 11.3 Å². The van der Waals surface area contributed by atoms with Gasteiger partial charge in [-0.15, -0.1) is 0 Å². The smallest absolute Gasteiger partial charge is 0.322 e. The fourth-order valence-electron chi connectivity index (χ4n) is 1.67. The number of piperazine rings is 1. The Labute approximate surface area is 96.7 Å². The second-order valence-electron chi connectivity index (χ2n) is 3.61. The summed E-state index contributed by atoms with van der Waals surface area (Å²) in [7, 11) is 0. The molecule has 0 radical (unpaired) electrons. The van der Waals surface area contributed by atoms with Crippen molar-refractivity contribution in [3.63, 3.8) is 0 Å². The largest absolute Gasteiger partial charge is 0.480 e. The lowest BCUT2D eigenvalue weighted by molar-refractivity contribution is -0.140. The minimum atomic E-state index is -0.914. The van der Waals surface area contributed by atoms with Crippen LogP contribution >= 0.6 is 11.3 Å². The first-order valence-corrected chi connectivity index (χ1v) is 5.90. The van der Waals surface area contributed by atoms with Crippen LogP contribution in [0.1, 0.15) is 10.4 Å². The summed E-state index contributed by atoms with van der Waals surface area (Å²) >= 11 is 1.46. The van der Waals surface area contributed by atoms with Crippen LogP contribution in [0.5, 0.6) is 0 Å². The number of rotatable bonds is 2. The molecule has 1 aromatic rings. The molecule has 0 saturated carbocycles. The summed E-state index contributed by atoms with van der Waals surface area (Å²) in [5.74, 6) is -1.00. The molecule has 1 amide bonds. The highest BCUT2D eigenvalue weighted by Crippen LogP contribution is 2.11. The van der Waals surface area contributed by atoms with Crippen LogP contribution < -0.4 is 5.32 Å². The van der Waals surface area contributed by atoms with Crippen molar-refractivity contribution in [1.82, 2.24) is 10.2 Å². The molecular formula is C10H12N2O3S. The SMILES string of the molecule is O=C(O)C1CN(C(=O)c2ccsc2)CCN1. The Morgan fingerprint density at radius 1 is 1.56 bits per heavy atom. The highest BCUT2D eigenvalue weighted by Gasteiger charge is 2.28. The lowest BCUT2D eigenvalue weighted by atomic mass is 10.2. The van der Waals surface area contributed by atoms with E-state index < -0.39 is 12.0 Å². The van der Waals surface area contributed by atoms with E-state index in [9.17, 15) is 9.59 Å². The number of thiophene rings is 1. The Bertz CT molecular complexity index is 391. The molecule has 0 aliphatic carbocycles. The number of carboxylic acids is 1. The van der Waals surface area contributed by atoms with Gasteiger partial charge in [0.05, 0.1) is 5.56 Å². The molecular weight excluding hydrogens is 228 g/mol. The maximum absolute atomic E-state index is 11.9. The van der Waals surface area contributed by atoms with Gasteiger partial charge < -0.3 is 15.3 Å². The van der Waals surface area contributed by atoms with E-state index in [0.717, 1.165) is 0 Å². The quantitative estimate of drug-likeness (QED) is 0.777. The molecule has 1 saturated heterocycles. The van der Waals surface area contributed by atoms with Gasteiger partial charge in [0, 0.05) is 25.0 Å². The van der Waals surface area contributed by atoms with E-state index in [-0.39, 0.29) is 12.5 Å². The highest BCUT2D eigenvalue weighted by atomic mass is 32.1. The van der Waals surface area contributed by atoms with Gasteiger partial charge in [-0.3, -0.25) is 9.59 Å². The average molecular weight is 240 g/mol. The molecule has 1 atom stereocenters. The number of nitrogens with one attached hydrogen (secondary N) is 1. The van der Waals surface area contributed by atoms with E-state index in [1.807, 2.05) is 5.38 Å². The molecule has 0 spiro atoms. The van der Waals surface area contributed by atoms with Crippen LogP contribution in [-0.4, -0.2) is 47.6 Å². The van der Waals surface area contributed by atoms with Gasteiger partial charge in [-0.05, 0) is 11.4 Å². The van der Waals surface area contributed by atoms with Crippen molar-refractivity contribution in [2.75, 3.05) is 19.6 Å². The number of carbonyl (C=O) groups excluding carboxylic acids is 1. The van der Waals surface area contributed by atoms with Crippen LogP contribution in [0.4, 0.5) is 0 Å². The van der Waals surface area contributed by atoms with Crippen molar-refractivity contribution < 1.29 is 14.7 Å². The molecule has 16 heavy (non-hydrogen) atoms. The van der Waals surface area contributed by atoms with E-state index in [4.69, 9.17) is 5.11 Å². The third-order valence-corrected chi connectivity index (χ3v) is 3.21. The van der Waals surface area contributed by atoms with Crippen molar-refractivity contribution in [1.29, 1.82) is 0 Å². The van der Waals surface area contributed by atoms with Crippen LogP contribution in [0.25, 0.3) is 0 Å². The fourth-order valence-corrected chi connectivity index (χ4v) is 2.30. The fraction of sp³-hybridized carbons (Fsp3) is 0.400. The maximum Gasteiger partial charge on any atom is 0.322 e. The summed E-state index contributed by atoms with van der Waals surface area (Å²) in [6, 6.07) is 1.10. The van der Waals surface area contributed by atoms with E-state index in [0.29, 0.717) is 18.7 Å². The normalized spacial score (nSPS) is 20.8. The molecule has 1 unspecified atom stereocenters. The zero-order valence-corrected chi connectivity index (χ0v) is 9.37. The molecule has 1 aliphatic heterocycles. The zero-order chi connectivity index (χ0) is 11.5. The lowest BCUT2D eigenvalue weighted by Crippen LogP contribution is -2.55. The second kappa shape index (κ2) is 4.63. The van der Waals surface area contributed by atoms with Gasteiger partial charge in [0.15, 0.2) is 0 Å². The van der Waals surface area contributed by atoms with Crippen molar-refractivity contribution in [2.24, 2.45) is 0 Å². The third-order valence-electron chi connectivity index (χ3n) is 2.53. The van der Waals surface area contributed by atoms with E-state index in [2.05, 4.69) is 5.32 Å². The van der Waals surface area contributed by atoms with E-state index in [1.54, 1.807) is 16.3 Å². The molecule has 0 bridgehead atoms. The number of amides is 1. The summed E-state index contributed by atoms with van der Waals surface area (Å²) in [6.45, 7) is 1.30. The number of hydrogen-bond donors (Lipinski definition) is 2. The van der Waals surface area contributed by atoms with Gasteiger partial charge in [-0.25, -0.2) is 0 Å². The molecule has 6 heteroatoms. The van der Waals surface area contributed by atoms with Gasteiger partial charge in [0.25, 0.3) is 5.91 Å². The van der Waals surface area contributed by atoms with Gasteiger partial charge in [-0.2, -0.15) is 11.3 Å². The summed E-state index contributed by atoms with van der Waals surface area (Å²) in [5, 5.41) is 15.3. The first-order chi connectivity index (χ1) is 7.68. The lowest BCUT2D eigenvalue weighted by Gasteiger charge is -2.31. The molecule has 1 fully saturated rings. The van der Waals surface area contributed by atoms with Gasteiger partial charge >= 0.3 is 5.97 Å². The van der Waals surface area contributed by atoms with Crippen LogP contribution in [0.15, 0.2) is 16.8 Å². The van der Waals surface area contributed by atoms with Gasteiger partial charge in [0.2, 0.25) is 0 Å². The van der Waals surface area contributed by atoms with Crippen molar-refractivity contribution in [3.8, 4) is 0 Å². The Hall–Kier alpha value is -1.40. The monoisotopic (exact) mass is 240 g/mol. The van der Waals surface area contributed by atoms with Gasteiger partial charge in [-0.1, -0.05) is 0 Å². The standard InChI is InChI=1S/C10H12N2O3S/c13-9(7-1-4-16-6-7)12-3-2-11-8(5-12)10(14)15/h1,4,6,8,11H,2-3,5H2,(H,14,15). The predicted molar refractivity (Wildman–Crippen MR) is 59.6 cm³/mol. The summed E-state index contributed by atoms with van der Waals surface area (Å²) in [4.78, 5) is 24.3. The first-order valence-electron chi connectivity index (χ1n) is 4.96. The molecule has 1 aromatic heterocycles. The molecule has 2 N–H and O–H groups in total. The Morgan fingerprint density at radius 3 is 3.00 bits per heavy atom. The van der Waals surface area contributed by atoms with Crippen molar-refractivity contribution >= 4 is 23.2 Å². The van der Waals surface area contributed by atoms with Crippen LogP contribution in [0.2, 0.25) is 0 Å². The average Bonchev–Trinajstić information content (AvgIpc) is 2.81. The Morgan fingerprint density at radius 2 is 2.38 bits per heavy atom. The number of carboxylic acid groups (broad SMARTS) is 1. The zero-order valence-electron chi connectivity index (χ0n) is 8.55. The predicted octanol–water partition coefficient (Wildman–Crippen LogP) is 0.247. The number of hydrogen-bond acceptors (Lipinski definition) is 4.